The van der Waals surface area contributed by atoms with Gasteiger partial charge in [-0.2, -0.15) is 0 Å². The fraction of sp³-hybridized carbons (Fsp3) is 0.318. The molecule has 0 fully saturated rings. The summed E-state index contributed by atoms with van der Waals surface area (Å²) in [6.45, 7) is 5.68. The van der Waals surface area contributed by atoms with Crippen LogP contribution in [0.1, 0.15) is 37.9 Å². The highest BCUT2D eigenvalue weighted by atomic mass is 16.5. The van der Waals surface area contributed by atoms with Crippen LogP contribution in [0.5, 0.6) is 5.75 Å². The quantitative estimate of drug-likeness (QED) is 0.767. The molecule has 0 aromatic heterocycles. The number of nitrogens with zero attached hydrogens (tertiary/aromatic N) is 1. The van der Waals surface area contributed by atoms with E-state index in [1.165, 1.54) is 0 Å². The smallest absolute Gasteiger partial charge is 0.341 e. The Hall–Kier alpha value is -3.15. The first-order valence-electron chi connectivity index (χ1n) is 9.27. The third-order valence-corrected chi connectivity index (χ3v) is 4.43. The molecule has 0 bridgehead atoms. The maximum atomic E-state index is 12.9. The minimum absolute atomic E-state index is 0.0429. The van der Waals surface area contributed by atoms with Crippen LogP contribution in [-0.2, 0) is 16.1 Å². The topological polar surface area (TPSA) is 77.0 Å². The summed E-state index contributed by atoms with van der Waals surface area (Å²) in [5.74, 6) is -0.536. The highest BCUT2D eigenvalue weighted by molar-refractivity contribution is 6.08. The van der Waals surface area contributed by atoms with Crippen molar-refractivity contribution in [3.63, 3.8) is 0 Å². The number of esters is 1. The molecule has 1 aliphatic heterocycles. The number of hydrogen-bond donors (Lipinski definition) is 1. The van der Waals surface area contributed by atoms with Crippen molar-refractivity contribution < 1.29 is 19.1 Å². The number of carbonyl (C=O) groups excluding carboxylic acids is 2. The molecule has 6 nitrogen and oxygen atoms in total. The summed E-state index contributed by atoms with van der Waals surface area (Å²) in [6, 6.07) is 15.8. The molecule has 28 heavy (non-hydrogen) atoms. The lowest BCUT2D eigenvalue weighted by molar-refractivity contribution is -0.148. The number of amides is 2. The van der Waals surface area contributed by atoms with Crippen molar-refractivity contribution in [3.8, 4) is 5.75 Å². The van der Waals surface area contributed by atoms with E-state index in [0.717, 1.165) is 11.1 Å². The molecule has 1 aliphatic rings. The summed E-state index contributed by atoms with van der Waals surface area (Å²) in [6.07, 6.45) is -0.0429. The van der Waals surface area contributed by atoms with Gasteiger partial charge >= 0.3 is 12.0 Å². The molecule has 3 rings (SSSR count). The van der Waals surface area contributed by atoms with Gasteiger partial charge in [-0.15, -0.1) is 0 Å². The van der Waals surface area contributed by atoms with E-state index in [9.17, 15) is 9.59 Å². The first kappa shape index (κ1) is 19.6. The average Bonchev–Trinajstić information content (AvgIpc) is 2.66. The Bertz CT molecular complexity index is 877. The Labute approximate surface area is 164 Å². The van der Waals surface area contributed by atoms with E-state index in [4.69, 9.17) is 9.47 Å². The monoisotopic (exact) mass is 380 g/mol. The molecule has 2 atom stereocenters. The van der Waals surface area contributed by atoms with Crippen molar-refractivity contribution in [3.05, 3.63) is 65.7 Å². The Morgan fingerprint density at radius 3 is 2.50 bits per heavy atom. The molecule has 2 aromatic rings. The van der Waals surface area contributed by atoms with E-state index in [-0.39, 0.29) is 12.7 Å². The minimum atomic E-state index is -0.724. The van der Waals surface area contributed by atoms with Crippen molar-refractivity contribution >= 4 is 17.7 Å². The zero-order chi connectivity index (χ0) is 20.1. The van der Waals surface area contributed by atoms with Gasteiger partial charge < -0.3 is 14.8 Å². The summed E-state index contributed by atoms with van der Waals surface area (Å²) >= 11 is 0. The van der Waals surface area contributed by atoms with Crippen molar-refractivity contribution in [2.75, 3.05) is 0 Å². The van der Waals surface area contributed by atoms with Crippen LogP contribution in [0, 0.1) is 5.92 Å². The van der Waals surface area contributed by atoms with E-state index in [1.807, 2.05) is 68.4 Å². The largest absolute Gasteiger partial charge is 0.491 e. The van der Waals surface area contributed by atoms with Gasteiger partial charge in [0.2, 0.25) is 0 Å². The van der Waals surface area contributed by atoms with E-state index >= 15 is 0 Å². The fourth-order valence-corrected chi connectivity index (χ4v) is 3.20. The third kappa shape index (κ3) is 4.57. The molecule has 0 spiro atoms. The van der Waals surface area contributed by atoms with Crippen molar-refractivity contribution in [1.82, 2.24) is 5.32 Å². The van der Waals surface area contributed by atoms with Crippen LogP contribution in [-0.4, -0.2) is 23.8 Å². The SMILES string of the molecule is CC1=NC(=O)NC(c2ccccc2OC(C)C)C1C(=O)OCc1ccccc1. The van der Waals surface area contributed by atoms with Gasteiger partial charge in [-0.25, -0.2) is 9.79 Å². The number of hydrogen-bond acceptors (Lipinski definition) is 4. The van der Waals surface area contributed by atoms with Gasteiger partial charge in [0.1, 0.15) is 18.3 Å². The Morgan fingerprint density at radius 1 is 1.11 bits per heavy atom. The van der Waals surface area contributed by atoms with E-state index in [1.54, 1.807) is 6.92 Å². The summed E-state index contributed by atoms with van der Waals surface area (Å²) in [4.78, 5) is 28.9. The molecule has 1 heterocycles. The third-order valence-electron chi connectivity index (χ3n) is 4.43. The van der Waals surface area contributed by atoms with Crippen LogP contribution < -0.4 is 10.1 Å². The summed E-state index contributed by atoms with van der Waals surface area (Å²) in [7, 11) is 0. The first-order chi connectivity index (χ1) is 13.5. The molecule has 146 valence electrons. The van der Waals surface area contributed by atoms with Gasteiger partial charge in [-0.05, 0) is 32.4 Å². The summed E-state index contributed by atoms with van der Waals surface area (Å²) < 4.78 is 11.4. The maximum absolute atomic E-state index is 12.9. The Kier molecular flexibility index (Phi) is 6.09. The molecule has 0 saturated carbocycles. The lowest BCUT2D eigenvalue weighted by Crippen LogP contribution is -2.44. The zero-order valence-electron chi connectivity index (χ0n) is 16.2. The average molecular weight is 380 g/mol. The summed E-state index contributed by atoms with van der Waals surface area (Å²) in [5, 5.41) is 2.80. The van der Waals surface area contributed by atoms with Crippen LogP contribution in [0.15, 0.2) is 59.6 Å². The second kappa shape index (κ2) is 8.69. The molecule has 2 amide bonds. The Morgan fingerprint density at radius 2 is 1.79 bits per heavy atom. The normalized spacial score (nSPS) is 19.0. The van der Waals surface area contributed by atoms with Crippen LogP contribution >= 0.6 is 0 Å². The molecular weight excluding hydrogens is 356 g/mol. The summed E-state index contributed by atoms with van der Waals surface area (Å²) in [5.41, 5.74) is 2.04. The molecular formula is C22H24N2O4. The van der Waals surface area contributed by atoms with Gasteiger partial charge in [0, 0.05) is 11.3 Å². The predicted molar refractivity (Wildman–Crippen MR) is 106 cm³/mol. The first-order valence-corrected chi connectivity index (χ1v) is 9.27. The van der Waals surface area contributed by atoms with E-state index in [2.05, 4.69) is 10.3 Å². The number of benzene rings is 2. The lowest BCUT2D eigenvalue weighted by atomic mass is 9.87. The van der Waals surface area contributed by atoms with Gasteiger partial charge in [0.15, 0.2) is 0 Å². The standard InChI is InChI=1S/C22H24N2O4/c1-14(2)28-18-12-8-7-11-17(18)20-19(15(3)23-22(26)24-20)21(25)27-13-16-9-5-4-6-10-16/h4-12,14,19-20H,13H2,1-3H3,(H,24,26). The van der Waals surface area contributed by atoms with Crippen LogP contribution in [0.3, 0.4) is 0 Å². The number of aliphatic imine (C=N–C) groups is 1. The predicted octanol–water partition coefficient (Wildman–Crippen LogP) is 4.06. The van der Waals surface area contributed by atoms with Crippen molar-refractivity contribution in [2.24, 2.45) is 10.9 Å². The highest BCUT2D eigenvalue weighted by Gasteiger charge is 2.39. The van der Waals surface area contributed by atoms with Crippen molar-refractivity contribution in [2.45, 2.75) is 39.5 Å². The molecule has 1 N–H and O–H groups in total. The molecule has 6 heteroatoms. The number of nitrogens with one attached hydrogen (secondary N) is 1. The molecule has 2 unspecified atom stereocenters. The second-order valence-corrected chi connectivity index (χ2v) is 6.96. The maximum Gasteiger partial charge on any atom is 0.341 e. The van der Waals surface area contributed by atoms with Gasteiger partial charge in [0.05, 0.1) is 12.1 Å². The highest BCUT2D eigenvalue weighted by Crippen LogP contribution is 2.34. The number of urea groups is 1. The molecule has 0 radical (unpaired) electrons. The minimum Gasteiger partial charge on any atom is -0.491 e. The second-order valence-electron chi connectivity index (χ2n) is 6.96. The van der Waals surface area contributed by atoms with Crippen molar-refractivity contribution in [1.29, 1.82) is 0 Å². The number of ether oxygens (including phenoxy) is 2. The number of rotatable bonds is 6. The molecule has 0 aliphatic carbocycles. The van der Waals surface area contributed by atoms with Gasteiger partial charge in [-0.3, -0.25) is 4.79 Å². The van der Waals surface area contributed by atoms with E-state index in [0.29, 0.717) is 11.5 Å². The van der Waals surface area contributed by atoms with Gasteiger partial charge in [-0.1, -0.05) is 48.5 Å². The van der Waals surface area contributed by atoms with Crippen LogP contribution in [0.25, 0.3) is 0 Å². The Balaban J connectivity index is 1.87. The number of carbonyl (C=O) groups is 2. The lowest BCUT2D eigenvalue weighted by Gasteiger charge is -2.31. The van der Waals surface area contributed by atoms with Gasteiger partial charge in [0.25, 0.3) is 0 Å². The zero-order valence-corrected chi connectivity index (χ0v) is 16.2. The number of para-hydroxylation sites is 1. The molecule has 0 saturated heterocycles. The van der Waals surface area contributed by atoms with Crippen LogP contribution in [0.2, 0.25) is 0 Å². The van der Waals surface area contributed by atoms with E-state index < -0.39 is 24.0 Å². The molecule has 2 aromatic carbocycles. The van der Waals surface area contributed by atoms with Crippen LogP contribution in [0.4, 0.5) is 4.79 Å². The fourth-order valence-electron chi connectivity index (χ4n) is 3.20.